The van der Waals surface area contributed by atoms with E-state index >= 15 is 0 Å². The van der Waals surface area contributed by atoms with Crippen molar-refractivity contribution in [3.63, 3.8) is 0 Å². The average Bonchev–Trinajstić information content (AvgIpc) is 2.35. The fourth-order valence-corrected chi connectivity index (χ4v) is 1.29. The summed E-state index contributed by atoms with van der Waals surface area (Å²) in [6.07, 6.45) is 1.27. The third-order valence-corrected chi connectivity index (χ3v) is 2.19. The molecule has 0 unspecified atom stereocenters. The number of carbonyl (C=O) groups is 1. The zero-order valence-corrected chi connectivity index (χ0v) is 10.5. The number of hydrogen-bond donors (Lipinski definition) is 0. The van der Waals surface area contributed by atoms with Crippen LogP contribution in [-0.2, 0) is 4.84 Å². The topological polar surface area (TPSA) is 41.9 Å². The van der Waals surface area contributed by atoms with Crippen LogP contribution in [-0.4, -0.2) is 30.8 Å². The first-order valence-electron chi connectivity index (χ1n) is 5.65. The molecule has 0 spiro atoms. The third-order valence-electron chi connectivity index (χ3n) is 2.19. The zero-order chi connectivity index (χ0) is 12.7. The van der Waals surface area contributed by atoms with E-state index in [1.54, 1.807) is 14.1 Å². The Morgan fingerprint density at radius 1 is 1.29 bits per heavy atom. The minimum atomic E-state index is -0.463. The van der Waals surface area contributed by atoms with Gasteiger partial charge in [0, 0.05) is 14.1 Å². The van der Waals surface area contributed by atoms with Crippen molar-refractivity contribution >= 4 is 11.8 Å². The number of oxime groups is 1. The van der Waals surface area contributed by atoms with Crippen molar-refractivity contribution in [1.82, 2.24) is 4.90 Å². The molecule has 0 aromatic heterocycles. The molecule has 0 saturated carbocycles. The lowest BCUT2D eigenvalue weighted by Crippen LogP contribution is -2.21. The molecule has 0 atom stereocenters. The molecule has 17 heavy (non-hydrogen) atoms. The lowest BCUT2D eigenvalue weighted by atomic mass is 10.1. The SMILES string of the molecule is CCC/C(=N\OC(=O)N(C)C)c1ccccc1. The third kappa shape index (κ3) is 4.26. The van der Waals surface area contributed by atoms with Crippen molar-refractivity contribution < 1.29 is 9.63 Å². The van der Waals surface area contributed by atoms with Gasteiger partial charge in [-0.05, 0) is 12.0 Å². The molecule has 0 aliphatic carbocycles. The first-order chi connectivity index (χ1) is 8.15. The Kier molecular flexibility index (Phi) is 5.20. The highest BCUT2D eigenvalue weighted by molar-refractivity contribution is 6.00. The van der Waals surface area contributed by atoms with Gasteiger partial charge < -0.3 is 4.90 Å². The number of benzene rings is 1. The van der Waals surface area contributed by atoms with Crippen molar-refractivity contribution in [3.05, 3.63) is 35.9 Å². The second-order valence-electron chi connectivity index (χ2n) is 3.91. The van der Waals surface area contributed by atoms with Crippen LogP contribution in [0.15, 0.2) is 35.5 Å². The summed E-state index contributed by atoms with van der Waals surface area (Å²) in [5.74, 6) is 0. The number of hydrogen-bond acceptors (Lipinski definition) is 3. The summed E-state index contributed by atoms with van der Waals surface area (Å²) in [5.41, 5.74) is 1.78. The van der Waals surface area contributed by atoms with Crippen LogP contribution in [0.5, 0.6) is 0 Å². The molecule has 0 N–H and O–H groups in total. The number of carbonyl (C=O) groups excluding carboxylic acids is 1. The fraction of sp³-hybridized carbons (Fsp3) is 0.385. The largest absolute Gasteiger partial charge is 0.435 e. The van der Waals surface area contributed by atoms with Crippen molar-refractivity contribution in [1.29, 1.82) is 0 Å². The molecule has 4 nitrogen and oxygen atoms in total. The van der Waals surface area contributed by atoms with Crippen molar-refractivity contribution in [2.24, 2.45) is 5.16 Å². The molecule has 1 aromatic carbocycles. The number of rotatable bonds is 4. The van der Waals surface area contributed by atoms with Gasteiger partial charge in [-0.2, -0.15) is 0 Å². The van der Waals surface area contributed by atoms with Crippen molar-refractivity contribution in [3.8, 4) is 0 Å². The molecular formula is C13H18N2O2. The van der Waals surface area contributed by atoms with Gasteiger partial charge in [0.25, 0.3) is 0 Å². The Bertz CT molecular complexity index is 386. The van der Waals surface area contributed by atoms with Crippen LogP contribution >= 0.6 is 0 Å². The Hall–Kier alpha value is -1.84. The summed E-state index contributed by atoms with van der Waals surface area (Å²) in [5, 5.41) is 3.93. The van der Waals surface area contributed by atoms with E-state index in [1.807, 2.05) is 30.3 Å². The Morgan fingerprint density at radius 2 is 1.94 bits per heavy atom. The minimum Gasteiger partial charge on any atom is -0.312 e. The molecule has 0 radical (unpaired) electrons. The zero-order valence-electron chi connectivity index (χ0n) is 10.5. The van der Waals surface area contributed by atoms with E-state index in [1.165, 1.54) is 4.90 Å². The highest BCUT2D eigenvalue weighted by atomic mass is 16.7. The maximum Gasteiger partial charge on any atom is 0.435 e. The smallest absolute Gasteiger partial charge is 0.312 e. The highest BCUT2D eigenvalue weighted by Crippen LogP contribution is 2.07. The van der Waals surface area contributed by atoms with Crippen molar-refractivity contribution in [2.75, 3.05) is 14.1 Å². The summed E-state index contributed by atoms with van der Waals surface area (Å²) in [7, 11) is 3.25. The van der Waals surface area contributed by atoms with Gasteiger partial charge in [-0.15, -0.1) is 0 Å². The van der Waals surface area contributed by atoms with E-state index in [9.17, 15) is 4.79 Å². The van der Waals surface area contributed by atoms with Crippen molar-refractivity contribution in [2.45, 2.75) is 19.8 Å². The maximum atomic E-state index is 11.3. The van der Waals surface area contributed by atoms with E-state index < -0.39 is 6.09 Å². The fourth-order valence-electron chi connectivity index (χ4n) is 1.29. The van der Waals surface area contributed by atoms with E-state index in [0.29, 0.717) is 0 Å². The molecular weight excluding hydrogens is 216 g/mol. The normalized spacial score (nSPS) is 11.1. The molecule has 1 aromatic rings. The van der Waals surface area contributed by atoms with Gasteiger partial charge in [-0.1, -0.05) is 48.8 Å². The van der Waals surface area contributed by atoms with Gasteiger partial charge >= 0.3 is 6.09 Å². The van der Waals surface area contributed by atoms with Gasteiger partial charge in [0.2, 0.25) is 0 Å². The lowest BCUT2D eigenvalue weighted by Gasteiger charge is -2.08. The Balaban J connectivity index is 2.79. The van der Waals surface area contributed by atoms with Gasteiger partial charge in [0.15, 0.2) is 0 Å². The van der Waals surface area contributed by atoms with Gasteiger partial charge in [-0.3, -0.25) is 4.84 Å². The van der Waals surface area contributed by atoms with Crippen LogP contribution < -0.4 is 0 Å². The summed E-state index contributed by atoms with van der Waals surface area (Å²) in [6.45, 7) is 2.06. The molecule has 0 bridgehead atoms. The first-order valence-corrected chi connectivity index (χ1v) is 5.65. The van der Waals surface area contributed by atoms with E-state index in [-0.39, 0.29) is 0 Å². The van der Waals surface area contributed by atoms with Gasteiger partial charge in [0.05, 0.1) is 5.71 Å². The molecule has 0 aliphatic heterocycles. The van der Waals surface area contributed by atoms with Crippen LogP contribution in [0.3, 0.4) is 0 Å². The van der Waals surface area contributed by atoms with Gasteiger partial charge in [-0.25, -0.2) is 4.79 Å². The quantitative estimate of drug-likeness (QED) is 0.456. The molecule has 0 fully saturated rings. The Morgan fingerprint density at radius 3 is 2.47 bits per heavy atom. The minimum absolute atomic E-state index is 0.463. The predicted octanol–water partition coefficient (Wildman–Crippen LogP) is 2.89. The number of nitrogens with zero attached hydrogens (tertiary/aromatic N) is 2. The monoisotopic (exact) mass is 234 g/mol. The van der Waals surface area contributed by atoms with E-state index in [0.717, 1.165) is 24.1 Å². The second kappa shape index (κ2) is 6.68. The molecule has 1 rings (SSSR count). The van der Waals surface area contributed by atoms with Crippen LogP contribution in [0.4, 0.5) is 4.79 Å². The molecule has 1 amide bonds. The maximum absolute atomic E-state index is 11.3. The Labute approximate surface area is 102 Å². The molecule has 92 valence electrons. The van der Waals surface area contributed by atoms with Crippen LogP contribution in [0.1, 0.15) is 25.3 Å². The molecule has 0 aliphatic rings. The second-order valence-corrected chi connectivity index (χ2v) is 3.91. The van der Waals surface area contributed by atoms with E-state index in [2.05, 4.69) is 12.1 Å². The average molecular weight is 234 g/mol. The predicted molar refractivity (Wildman–Crippen MR) is 68.1 cm³/mol. The van der Waals surface area contributed by atoms with Crippen LogP contribution in [0.25, 0.3) is 0 Å². The summed E-state index contributed by atoms with van der Waals surface area (Å²) in [6, 6.07) is 9.73. The van der Waals surface area contributed by atoms with Gasteiger partial charge in [0.1, 0.15) is 0 Å². The number of amides is 1. The molecule has 4 heteroatoms. The lowest BCUT2D eigenvalue weighted by molar-refractivity contribution is 0.122. The summed E-state index contributed by atoms with van der Waals surface area (Å²) in [4.78, 5) is 17.5. The molecule has 0 heterocycles. The summed E-state index contributed by atoms with van der Waals surface area (Å²) >= 11 is 0. The first kappa shape index (κ1) is 13.2. The van der Waals surface area contributed by atoms with Crippen LogP contribution in [0.2, 0.25) is 0 Å². The highest BCUT2D eigenvalue weighted by Gasteiger charge is 2.07. The summed E-state index contributed by atoms with van der Waals surface area (Å²) < 4.78 is 0. The molecule has 0 saturated heterocycles. The van der Waals surface area contributed by atoms with E-state index in [4.69, 9.17) is 4.84 Å². The van der Waals surface area contributed by atoms with Crippen LogP contribution in [0, 0.1) is 0 Å². The standard InChI is InChI=1S/C13H18N2O2/c1-4-8-12(11-9-6-5-7-10-11)14-17-13(16)15(2)3/h5-7,9-10H,4,8H2,1-3H3/b14-12+.